The first-order valence-corrected chi connectivity index (χ1v) is 8.48. The first-order valence-electron chi connectivity index (χ1n) is 8.10. The Balaban J connectivity index is 1.66. The quantitative estimate of drug-likeness (QED) is 0.710. The number of benzene rings is 1. The van der Waals surface area contributed by atoms with E-state index in [1.54, 1.807) is 12.1 Å². The zero-order chi connectivity index (χ0) is 17.8. The Labute approximate surface area is 151 Å². The van der Waals surface area contributed by atoms with E-state index in [9.17, 15) is 4.79 Å². The molecule has 0 saturated heterocycles. The number of carbonyl (C=O) groups is 1. The molecule has 1 amide bonds. The predicted molar refractivity (Wildman–Crippen MR) is 98.1 cm³/mol. The summed E-state index contributed by atoms with van der Waals surface area (Å²) >= 11 is 5.73. The van der Waals surface area contributed by atoms with Crippen LogP contribution in [0.1, 0.15) is 34.4 Å². The highest BCUT2D eigenvalue weighted by atomic mass is 35.5. The Kier molecular flexibility index (Phi) is 5.14. The minimum absolute atomic E-state index is 0.174. The Bertz CT molecular complexity index is 869. The third kappa shape index (κ3) is 4.06. The maximum absolute atomic E-state index is 12.1. The molecule has 0 bridgehead atoms. The van der Waals surface area contributed by atoms with Gasteiger partial charge in [-0.3, -0.25) is 4.79 Å². The van der Waals surface area contributed by atoms with Gasteiger partial charge in [0.05, 0.1) is 11.3 Å². The van der Waals surface area contributed by atoms with E-state index in [0.717, 1.165) is 29.2 Å². The van der Waals surface area contributed by atoms with Gasteiger partial charge in [0, 0.05) is 31.0 Å². The lowest BCUT2D eigenvalue weighted by Gasteiger charge is -2.09. The monoisotopic (exact) mass is 354 g/mol. The molecule has 3 rings (SSSR count). The molecule has 0 fully saturated rings. The lowest BCUT2D eigenvalue weighted by molar-refractivity contribution is 0.0950. The van der Waals surface area contributed by atoms with E-state index in [-0.39, 0.29) is 5.91 Å². The Morgan fingerprint density at radius 1 is 1.20 bits per heavy atom. The van der Waals surface area contributed by atoms with Crippen molar-refractivity contribution in [3.63, 3.8) is 0 Å². The lowest BCUT2D eigenvalue weighted by atomic mass is 10.2. The highest BCUT2D eigenvalue weighted by molar-refractivity contribution is 6.29. The van der Waals surface area contributed by atoms with Crippen molar-refractivity contribution in [3.8, 4) is 5.69 Å². The number of carbonyl (C=O) groups excluding carboxylic acids is 1. The average molecular weight is 355 g/mol. The van der Waals surface area contributed by atoms with Crippen LogP contribution in [0.2, 0.25) is 5.15 Å². The number of rotatable bonds is 5. The topological polar surface area (TPSA) is 59.8 Å². The van der Waals surface area contributed by atoms with E-state index in [1.807, 2.05) is 37.4 Å². The number of hydrogen-bond acceptors (Lipinski definition) is 3. The van der Waals surface area contributed by atoms with E-state index in [2.05, 4.69) is 26.8 Å². The van der Waals surface area contributed by atoms with Gasteiger partial charge in [0.1, 0.15) is 11.0 Å². The highest BCUT2D eigenvalue weighted by Crippen LogP contribution is 2.14. The van der Waals surface area contributed by atoms with E-state index < -0.39 is 0 Å². The molecular weight excluding hydrogens is 336 g/mol. The number of aromatic nitrogens is 3. The van der Waals surface area contributed by atoms with Gasteiger partial charge in [-0.05, 0) is 36.8 Å². The standard InChI is InChI=1S/C19H19ClN4O/c1-3-18-23-13(2)12-24(18)16-7-4-14(5-8-16)10-22-19(25)15-6-9-17(20)21-11-15/h4-9,11-12H,3,10H2,1-2H3,(H,22,25). The number of amides is 1. The fourth-order valence-electron chi connectivity index (χ4n) is 2.59. The van der Waals surface area contributed by atoms with Gasteiger partial charge in [-0.15, -0.1) is 0 Å². The van der Waals surface area contributed by atoms with Gasteiger partial charge in [0.2, 0.25) is 0 Å². The number of nitrogens with zero attached hydrogens (tertiary/aromatic N) is 3. The van der Waals surface area contributed by atoms with Crippen LogP contribution in [0.5, 0.6) is 0 Å². The van der Waals surface area contributed by atoms with Crippen LogP contribution in [0.25, 0.3) is 5.69 Å². The number of nitrogens with one attached hydrogen (secondary N) is 1. The first-order chi connectivity index (χ1) is 12.1. The largest absolute Gasteiger partial charge is 0.348 e. The molecule has 1 aromatic carbocycles. The molecule has 0 saturated carbocycles. The SMILES string of the molecule is CCc1nc(C)cn1-c1ccc(CNC(=O)c2ccc(Cl)nc2)cc1. The van der Waals surface area contributed by atoms with Crippen LogP contribution in [0.4, 0.5) is 0 Å². The Morgan fingerprint density at radius 3 is 2.60 bits per heavy atom. The van der Waals surface area contributed by atoms with E-state index in [0.29, 0.717) is 17.3 Å². The van der Waals surface area contributed by atoms with Crippen LogP contribution in [-0.2, 0) is 13.0 Å². The van der Waals surface area contributed by atoms with Gasteiger partial charge in [-0.2, -0.15) is 0 Å². The molecule has 0 spiro atoms. The Morgan fingerprint density at radius 2 is 1.96 bits per heavy atom. The molecule has 0 radical (unpaired) electrons. The molecule has 2 heterocycles. The molecule has 2 aromatic heterocycles. The van der Waals surface area contributed by atoms with Gasteiger partial charge in [-0.1, -0.05) is 30.7 Å². The summed E-state index contributed by atoms with van der Waals surface area (Å²) in [7, 11) is 0. The maximum Gasteiger partial charge on any atom is 0.253 e. The van der Waals surface area contributed by atoms with Crippen molar-refractivity contribution < 1.29 is 4.79 Å². The normalized spacial score (nSPS) is 10.7. The number of pyridine rings is 1. The second-order valence-electron chi connectivity index (χ2n) is 5.74. The molecule has 5 nitrogen and oxygen atoms in total. The number of aryl methyl sites for hydroxylation is 2. The van der Waals surface area contributed by atoms with Gasteiger partial charge >= 0.3 is 0 Å². The van der Waals surface area contributed by atoms with Crippen molar-refractivity contribution in [1.82, 2.24) is 19.9 Å². The second kappa shape index (κ2) is 7.49. The Hall–Kier alpha value is -2.66. The summed E-state index contributed by atoms with van der Waals surface area (Å²) in [6, 6.07) is 11.3. The van der Waals surface area contributed by atoms with Crippen LogP contribution in [0.3, 0.4) is 0 Å². The van der Waals surface area contributed by atoms with Crippen molar-refractivity contribution >= 4 is 17.5 Å². The van der Waals surface area contributed by atoms with Gasteiger partial charge in [-0.25, -0.2) is 9.97 Å². The molecule has 1 N–H and O–H groups in total. The van der Waals surface area contributed by atoms with Gasteiger partial charge in [0.15, 0.2) is 0 Å². The molecule has 128 valence electrons. The maximum atomic E-state index is 12.1. The fraction of sp³-hybridized carbons (Fsp3) is 0.211. The number of imidazole rings is 1. The summed E-state index contributed by atoms with van der Waals surface area (Å²) in [6.45, 7) is 4.53. The van der Waals surface area contributed by atoms with Crippen LogP contribution in [-0.4, -0.2) is 20.4 Å². The van der Waals surface area contributed by atoms with Crippen LogP contribution >= 0.6 is 11.6 Å². The number of halogens is 1. The third-order valence-corrected chi connectivity index (χ3v) is 4.10. The molecule has 0 unspecified atom stereocenters. The smallest absolute Gasteiger partial charge is 0.253 e. The van der Waals surface area contributed by atoms with Crippen molar-refractivity contribution in [2.45, 2.75) is 26.8 Å². The van der Waals surface area contributed by atoms with Crippen molar-refractivity contribution in [2.75, 3.05) is 0 Å². The summed E-state index contributed by atoms with van der Waals surface area (Å²) in [6.07, 6.45) is 4.37. The molecule has 0 atom stereocenters. The van der Waals surface area contributed by atoms with Crippen LogP contribution < -0.4 is 5.32 Å². The zero-order valence-corrected chi connectivity index (χ0v) is 14.9. The van der Waals surface area contributed by atoms with Crippen LogP contribution in [0, 0.1) is 6.92 Å². The van der Waals surface area contributed by atoms with E-state index in [4.69, 9.17) is 11.6 Å². The zero-order valence-electron chi connectivity index (χ0n) is 14.2. The molecule has 0 aliphatic heterocycles. The average Bonchev–Trinajstić information content (AvgIpc) is 3.01. The summed E-state index contributed by atoms with van der Waals surface area (Å²) in [4.78, 5) is 20.5. The molecule has 3 aromatic rings. The second-order valence-corrected chi connectivity index (χ2v) is 6.13. The molecule has 0 aliphatic rings. The predicted octanol–water partition coefficient (Wildman–Crippen LogP) is 3.72. The molecule has 6 heteroatoms. The molecular formula is C19H19ClN4O. The fourth-order valence-corrected chi connectivity index (χ4v) is 2.70. The van der Waals surface area contributed by atoms with Crippen LogP contribution in [0.15, 0.2) is 48.8 Å². The summed E-state index contributed by atoms with van der Waals surface area (Å²) in [5.74, 6) is 0.862. The first kappa shape index (κ1) is 17.2. The van der Waals surface area contributed by atoms with E-state index in [1.165, 1.54) is 6.20 Å². The van der Waals surface area contributed by atoms with Gasteiger partial charge < -0.3 is 9.88 Å². The summed E-state index contributed by atoms with van der Waals surface area (Å²) in [5.41, 5.74) is 3.58. The van der Waals surface area contributed by atoms with Crippen molar-refractivity contribution in [1.29, 1.82) is 0 Å². The molecule has 0 aliphatic carbocycles. The minimum Gasteiger partial charge on any atom is -0.348 e. The minimum atomic E-state index is -0.174. The van der Waals surface area contributed by atoms with Gasteiger partial charge in [0.25, 0.3) is 5.91 Å². The number of hydrogen-bond donors (Lipinski definition) is 1. The summed E-state index contributed by atoms with van der Waals surface area (Å²) in [5, 5.41) is 3.25. The highest BCUT2D eigenvalue weighted by Gasteiger charge is 2.07. The van der Waals surface area contributed by atoms with Crippen molar-refractivity contribution in [3.05, 3.63) is 76.6 Å². The third-order valence-electron chi connectivity index (χ3n) is 3.87. The lowest BCUT2D eigenvalue weighted by Crippen LogP contribution is -2.22. The molecule has 25 heavy (non-hydrogen) atoms. The van der Waals surface area contributed by atoms with E-state index >= 15 is 0 Å². The summed E-state index contributed by atoms with van der Waals surface area (Å²) < 4.78 is 2.09. The van der Waals surface area contributed by atoms with Crippen molar-refractivity contribution in [2.24, 2.45) is 0 Å².